The molecule has 0 aromatic carbocycles. The van der Waals surface area contributed by atoms with Crippen LogP contribution in [0, 0.1) is 11.8 Å². The lowest BCUT2D eigenvalue weighted by molar-refractivity contribution is -0.137. The molecule has 26 heavy (non-hydrogen) atoms. The standard InChI is InChI=1S/C17H26N4O4S/c1-11(2)3-6-19-17-20-13(10-26-17)16(24)25-9-14(22)21-7-4-12(5-8-21)15(18)23/h10-12H,3-9H2,1-2H3,(H2,18,23)(H,19,20). The maximum absolute atomic E-state index is 12.1. The molecule has 144 valence electrons. The van der Waals surface area contributed by atoms with Crippen LogP contribution in [0.4, 0.5) is 5.13 Å². The van der Waals surface area contributed by atoms with E-state index in [4.69, 9.17) is 10.5 Å². The first-order valence-electron chi connectivity index (χ1n) is 8.80. The third-order valence-corrected chi connectivity index (χ3v) is 5.09. The highest BCUT2D eigenvalue weighted by Gasteiger charge is 2.26. The molecule has 1 aliphatic rings. The molecule has 0 saturated carbocycles. The van der Waals surface area contributed by atoms with E-state index in [0.29, 0.717) is 37.0 Å². The monoisotopic (exact) mass is 382 g/mol. The van der Waals surface area contributed by atoms with Gasteiger partial charge in [-0.2, -0.15) is 0 Å². The van der Waals surface area contributed by atoms with Gasteiger partial charge < -0.3 is 20.7 Å². The minimum absolute atomic E-state index is 0.182. The number of ether oxygens (including phenoxy) is 1. The van der Waals surface area contributed by atoms with Crippen LogP contribution in [0.15, 0.2) is 5.38 Å². The van der Waals surface area contributed by atoms with E-state index in [1.807, 2.05) is 0 Å². The summed E-state index contributed by atoms with van der Waals surface area (Å²) >= 11 is 1.33. The van der Waals surface area contributed by atoms with Gasteiger partial charge in [-0.15, -0.1) is 11.3 Å². The van der Waals surface area contributed by atoms with E-state index in [0.717, 1.165) is 13.0 Å². The Labute approximate surface area is 157 Å². The van der Waals surface area contributed by atoms with Crippen LogP contribution >= 0.6 is 11.3 Å². The second kappa shape index (κ2) is 9.51. The molecule has 1 aliphatic heterocycles. The first-order chi connectivity index (χ1) is 12.4. The molecule has 2 amide bonds. The number of esters is 1. The molecule has 9 heteroatoms. The predicted octanol–water partition coefficient (Wildman–Crippen LogP) is 1.48. The second-order valence-corrected chi connectivity index (χ2v) is 7.64. The minimum atomic E-state index is -0.612. The number of nitrogens with one attached hydrogen (secondary N) is 1. The Kier molecular flexibility index (Phi) is 7.38. The fourth-order valence-corrected chi connectivity index (χ4v) is 3.33. The molecule has 0 bridgehead atoms. The molecule has 1 aromatic rings. The summed E-state index contributed by atoms with van der Waals surface area (Å²) in [6.07, 6.45) is 2.11. The lowest BCUT2D eigenvalue weighted by atomic mass is 9.96. The number of rotatable bonds is 8. The number of aromatic nitrogens is 1. The maximum Gasteiger partial charge on any atom is 0.358 e. The van der Waals surface area contributed by atoms with E-state index >= 15 is 0 Å². The van der Waals surface area contributed by atoms with Gasteiger partial charge in [-0.1, -0.05) is 13.8 Å². The number of amides is 2. The Morgan fingerprint density at radius 1 is 1.38 bits per heavy atom. The van der Waals surface area contributed by atoms with Crippen molar-refractivity contribution in [1.29, 1.82) is 0 Å². The molecule has 0 radical (unpaired) electrons. The van der Waals surface area contributed by atoms with Gasteiger partial charge in [0.2, 0.25) is 5.91 Å². The average molecular weight is 382 g/mol. The van der Waals surface area contributed by atoms with Gasteiger partial charge in [0, 0.05) is 30.9 Å². The van der Waals surface area contributed by atoms with Crippen LogP contribution in [-0.4, -0.2) is 53.9 Å². The fraction of sp³-hybridized carbons (Fsp3) is 0.647. The van der Waals surface area contributed by atoms with E-state index in [-0.39, 0.29) is 30.0 Å². The molecule has 0 spiro atoms. The highest BCUT2D eigenvalue weighted by Crippen LogP contribution is 2.18. The molecule has 0 aliphatic carbocycles. The number of anilines is 1. The molecule has 2 rings (SSSR count). The topological polar surface area (TPSA) is 115 Å². The highest BCUT2D eigenvalue weighted by molar-refractivity contribution is 7.13. The van der Waals surface area contributed by atoms with Crippen molar-refractivity contribution in [3.8, 4) is 0 Å². The summed E-state index contributed by atoms with van der Waals surface area (Å²) in [5.74, 6) is -0.806. The number of piperidine rings is 1. The molecule has 0 atom stereocenters. The van der Waals surface area contributed by atoms with Crippen LogP contribution in [0.1, 0.15) is 43.6 Å². The van der Waals surface area contributed by atoms with Gasteiger partial charge in [0.25, 0.3) is 5.91 Å². The number of hydrogen-bond donors (Lipinski definition) is 2. The van der Waals surface area contributed by atoms with Crippen molar-refractivity contribution in [2.24, 2.45) is 17.6 Å². The molecular formula is C17H26N4O4S. The number of nitrogens with zero attached hydrogens (tertiary/aromatic N) is 2. The SMILES string of the molecule is CC(C)CCNc1nc(C(=O)OCC(=O)N2CCC(C(N)=O)CC2)cs1. The number of likely N-dealkylation sites (tertiary alicyclic amines) is 1. The van der Waals surface area contributed by atoms with E-state index in [9.17, 15) is 14.4 Å². The Morgan fingerprint density at radius 3 is 2.69 bits per heavy atom. The van der Waals surface area contributed by atoms with E-state index < -0.39 is 5.97 Å². The van der Waals surface area contributed by atoms with Gasteiger partial charge in [-0.05, 0) is 25.2 Å². The number of nitrogens with two attached hydrogens (primary N) is 1. The van der Waals surface area contributed by atoms with E-state index in [2.05, 4.69) is 24.1 Å². The first kappa shape index (κ1) is 20.2. The number of carbonyl (C=O) groups excluding carboxylic acids is 3. The summed E-state index contributed by atoms with van der Waals surface area (Å²) in [4.78, 5) is 41.1. The zero-order chi connectivity index (χ0) is 19.1. The van der Waals surface area contributed by atoms with E-state index in [1.165, 1.54) is 11.3 Å². The molecule has 1 saturated heterocycles. The van der Waals surface area contributed by atoms with Gasteiger partial charge in [0.15, 0.2) is 17.4 Å². The lowest BCUT2D eigenvalue weighted by Gasteiger charge is -2.30. The molecule has 1 fully saturated rings. The van der Waals surface area contributed by atoms with Crippen molar-refractivity contribution in [3.63, 3.8) is 0 Å². The van der Waals surface area contributed by atoms with Crippen molar-refractivity contribution >= 4 is 34.3 Å². The van der Waals surface area contributed by atoms with Crippen LogP contribution in [0.25, 0.3) is 0 Å². The third kappa shape index (κ3) is 5.98. The van der Waals surface area contributed by atoms with Crippen LogP contribution in [0.5, 0.6) is 0 Å². The van der Waals surface area contributed by atoms with Crippen molar-refractivity contribution < 1.29 is 19.1 Å². The average Bonchev–Trinajstić information content (AvgIpc) is 3.08. The lowest BCUT2D eigenvalue weighted by Crippen LogP contribution is -2.43. The van der Waals surface area contributed by atoms with E-state index in [1.54, 1.807) is 10.3 Å². The smallest absolute Gasteiger partial charge is 0.358 e. The largest absolute Gasteiger partial charge is 0.451 e. The van der Waals surface area contributed by atoms with Crippen LogP contribution in [0.3, 0.4) is 0 Å². The minimum Gasteiger partial charge on any atom is -0.451 e. The van der Waals surface area contributed by atoms with Gasteiger partial charge >= 0.3 is 5.97 Å². The zero-order valence-corrected chi connectivity index (χ0v) is 16.0. The number of primary amides is 1. The summed E-state index contributed by atoms with van der Waals surface area (Å²) in [5, 5.41) is 5.45. The molecule has 0 unspecified atom stereocenters. The quantitative estimate of drug-likeness (QED) is 0.658. The molecule has 8 nitrogen and oxygen atoms in total. The first-order valence-corrected chi connectivity index (χ1v) is 9.68. The Bertz CT molecular complexity index is 638. The maximum atomic E-state index is 12.1. The van der Waals surface area contributed by atoms with Crippen molar-refractivity contribution in [2.45, 2.75) is 33.1 Å². The molecular weight excluding hydrogens is 356 g/mol. The molecule has 2 heterocycles. The Morgan fingerprint density at radius 2 is 2.08 bits per heavy atom. The summed E-state index contributed by atoms with van der Waals surface area (Å²) in [5.41, 5.74) is 5.47. The summed E-state index contributed by atoms with van der Waals surface area (Å²) in [7, 11) is 0. The zero-order valence-electron chi connectivity index (χ0n) is 15.2. The Balaban J connectivity index is 1.74. The van der Waals surface area contributed by atoms with Gasteiger partial charge in [-0.25, -0.2) is 9.78 Å². The summed E-state index contributed by atoms with van der Waals surface area (Å²) < 4.78 is 5.07. The van der Waals surface area contributed by atoms with Gasteiger partial charge in [-0.3, -0.25) is 9.59 Å². The molecule has 3 N–H and O–H groups in total. The number of thiazole rings is 1. The molecule has 1 aromatic heterocycles. The van der Waals surface area contributed by atoms with Crippen molar-refractivity contribution in [2.75, 3.05) is 31.6 Å². The van der Waals surface area contributed by atoms with Crippen molar-refractivity contribution in [3.05, 3.63) is 11.1 Å². The highest BCUT2D eigenvalue weighted by atomic mass is 32.1. The predicted molar refractivity (Wildman–Crippen MR) is 98.8 cm³/mol. The van der Waals surface area contributed by atoms with Crippen molar-refractivity contribution in [1.82, 2.24) is 9.88 Å². The normalized spacial score (nSPS) is 15.1. The summed E-state index contributed by atoms with van der Waals surface area (Å²) in [6.45, 7) is 5.64. The Hall–Kier alpha value is -2.16. The fourth-order valence-electron chi connectivity index (χ4n) is 2.62. The van der Waals surface area contributed by atoms with Crippen LogP contribution in [0.2, 0.25) is 0 Å². The third-order valence-electron chi connectivity index (χ3n) is 4.29. The second-order valence-electron chi connectivity index (χ2n) is 6.78. The van der Waals surface area contributed by atoms with Gasteiger partial charge in [0.1, 0.15) is 0 Å². The summed E-state index contributed by atoms with van der Waals surface area (Å²) in [6, 6.07) is 0. The number of hydrogen-bond acceptors (Lipinski definition) is 7. The van der Waals surface area contributed by atoms with Crippen LogP contribution in [-0.2, 0) is 14.3 Å². The number of carbonyl (C=O) groups is 3. The van der Waals surface area contributed by atoms with Gasteiger partial charge in [0.05, 0.1) is 0 Å². The van der Waals surface area contributed by atoms with Crippen LogP contribution < -0.4 is 11.1 Å².